The van der Waals surface area contributed by atoms with Gasteiger partial charge in [-0.2, -0.15) is 0 Å². The van der Waals surface area contributed by atoms with E-state index in [4.69, 9.17) is 27.9 Å². The van der Waals surface area contributed by atoms with Crippen LogP contribution in [0.4, 0.5) is 5.69 Å². The smallest absolute Gasteiger partial charge is 0.254 e. The minimum Gasteiger partial charge on any atom is -0.503 e. The van der Waals surface area contributed by atoms with Gasteiger partial charge < -0.3 is 9.84 Å². The lowest BCUT2D eigenvalue weighted by Gasteiger charge is -2.51. The first-order valence-corrected chi connectivity index (χ1v) is 16.7. The predicted molar refractivity (Wildman–Crippen MR) is 172 cm³/mol. The maximum Gasteiger partial charge on any atom is 0.254 e. The van der Waals surface area contributed by atoms with Crippen molar-refractivity contribution in [1.82, 2.24) is 4.90 Å². The highest BCUT2D eigenvalue weighted by Crippen LogP contribution is 2.66. The molecule has 2 heterocycles. The number of anilines is 1. The number of rotatable bonds is 5. The van der Waals surface area contributed by atoms with E-state index in [1.165, 1.54) is 18.1 Å². The van der Waals surface area contributed by atoms with E-state index in [0.717, 1.165) is 10.5 Å². The second-order valence-corrected chi connectivity index (χ2v) is 14.3. The van der Waals surface area contributed by atoms with Crippen molar-refractivity contribution in [3.05, 3.63) is 68.6 Å². The largest absolute Gasteiger partial charge is 0.503 e. The average Bonchev–Trinajstić information content (AvgIpc) is 3.34. The van der Waals surface area contributed by atoms with Gasteiger partial charge in [-0.3, -0.25) is 29.0 Å². The number of phenolic OH excluding ortho intramolecular Hbond substituents is 1. The highest BCUT2D eigenvalue weighted by Gasteiger charge is 2.76. The molecule has 6 rings (SSSR count). The molecule has 0 aromatic heterocycles. The molecule has 1 saturated carbocycles. The molecule has 2 aliphatic heterocycles. The van der Waals surface area contributed by atoms with Crippen LogP contribution in [0.1, 0.15) is 29.9 Å². The van der Waals surface area contributed by atoms with Gasteiger partial charge in [-0.15, -0.1) is 23.2 Å². The number of imide groups is 2. The number of ether oxygens (including phenoxy) is 1. The Morgan fingerprint density at radius 1 is 1.07 bits per heavy atom. The highest BCUT2D eigenvalue weighted by molar-refractivity contribution is 9.13. The number of nitrogens with zero attached hydrogens (tertiary/aromatic N) is 2. The number of alkyl halides is 3. The number of amides is 4. The zero-order chi connectivity index (χ0) is 31.2. The molecular weight excluding hydrogens is 795 g/mol. The van der Waals surface area contributed by atoms with E-state index in [1.807, 2.05) is 6.08 Å². The summed E-state index contributed by atoms with van der Waals surface area (Å²) >= 11 is 24.7. The second kappa shape index (κ2) is 10.7. The number of likely N-dealkylation sites (tertiary alicyclic amines) is 1. The zero-order valence-corrected chi connectivity index (χ0v) is 28.7. The number of hydrogen-bond acceptors (Lipinski definition) is 6. The van der Waals surface area contributed by atoms with Gasteiger partial charge in [0.05, 0.1) is 34.6 Å². The number of fused-ring (bicyclic) bond motifs is 4. The van der Waals surface area contributed by atoms with Crippen molar-refractivity contribution < 1.29 is 29.0 Å². The van der Waals surface area contributed by atoms with Crippen molar-refractivity contribution in [1.29, 1.82) is 0 Å². The Balaban J connectivity index is 1.55. The summed E-state index contributed by atoms with van der Waals surface area (Å²) in [7, 11) is 1.38. The van der Waals surface area contributed by atoms with E-state index in [0.29, 0.717) is 21.3 Å². The third-order valence-electron chi connectivity index (χ3n) is 9.11. The lowest BCUT2D eigenvalue weighted by Crippen LogP contribution is -2.60. The Morgan fingerprint density at radius 3 is 2.35 bits per heavy atom. The van der Waals surface area contributed by atoms with Crippen LogP contribution in [0.25, 0.3) is 6.08 Å². The van der Waals surface area contributed by atoms with Crippen molar-refractivity contribution >= 4 is 106 Å². The van der Waals surface area contributed by atoms with Crippen LogP contribution in [0.2, 0.25) is 0 Å². The van der Waals surface area contributed by atoms with Gasteiger partial charge >= 0.3 is 0 Å². The molecule has 8 nitrogen and oxygen atoms in total. The van der Waals surface area contributed by atoms with Crippen molar-refractivity contribution in [3.63, 3.8) is 0 Å². The molecule has 0 spiro atoms. The van der Waals surface area contributed by atoms with Crippen molar-refractivity contribution in [2.75, 3.05) is 17.5 Å². The Hall–Kier alpha value is -2.18. The molecule has 2 aromatic carbocycles. The molecule has 0 bridgehead atoms. The van der Waals surface area contributed by atoms with Crippen LogP contribution in [0, 0.1) is 17.8 Å². The van der Waals surface area contributed by atoms with Gasteiger partial charge in [0.15, 0.2) is 21.2 Å². The summed E-state index contributed by atoms with van der Waals surface area (Å²) in [4.78, 5) is 54.0. The summed E-state index contributed by atoms with van der Waals surface area (Å²) in [5.74, 6) is -5.47. The molecule has 0 unspecified atom stereocenters. The molecule has 1 N–H and O–H groups in total. The van der Waals surface area contributed by atoms with Crippen LogP contribution in [0.3, 0.4) is 0 Å². The number of halogens is 5. The zero-order valence-electron chi connectivity index (χ0n) is 22.5. The molecule has 4 amide bonds. The molecule has 13 heteroatoms. The number of benzene rings is 2. The predicted octanol–water partition coefficient (Wildman–Crippen LogP) is 6.48. The fourth-order valence-corrected chi connectivity index (χ4v) is 9.46. The molecule has 2 aliphatic carbocycles. The normalized spacial score (nSPS) is 31.5. The van der Waals surface area contributed by atoms with Gasteiger partial charge in [-0.1, -0.05) is 52.4 Å². The van der Waals surface area contributed by atoms with Crippen molar-refractivity contribution in [3.8, 4) is 11.5 Å². The van der Waals surface area contributed by atoms with Gasteiger partial charge in [0.25, 0.3) is 11.8 Å². The van der Waals surface area contributed by atoms with E-state index >= 15 is 0 Å². The first kappa shape index (κ1) is 30.8. The summed E-state index contributed by atoms with van der Waals surface area (Å²) in [6, 6.07) is 8.46. The third kappa shape index (κ3) is 4.03. The highest BCUT2D eigenvalue weighted by atomic mass is 79.9. The Morgan fingerprint density at radius 2 is 1.74 bits per heavy atom. The number of carbonyl (C=O) groups excluding carboxylic acids is 4. The summed E-state index contributed by atoms with van der Waals surface area (Å²) in [5, 5.41) is 10.7. The molecule has 0 radical (unpaired) electrons. The average molecular weight is 818 g/mol. The number of allylic oxidation sites excluding steroid dienone is 2. The third-order valence-corrected chi connectivity index (χ3v) is 13.2. The van der Waals surface area contributed by atoms with Gasteiger partial charge in [0, 0.05) is 10.4 Å². The van der Waals surface area contributed by atoms with Gasteiger partial charge in [0.2, 0.25) is 11.8 Å². The lowest BCUT2D eigenvalue weighted by molar-refractivity contribution is -0.138. The van der Waals surface area contributed by atoms with E-state index in [1.54, 1.807) is 30.3 Å². The van der Waals surface area contributed by atoms with E-state index in [-0.39, 0.29) is 40.2 Å². The van der Waals surface area contributed by atoms with Crippen molar-refractivity contribution in [2.45, 2.75) is 28.5 Å². The molecule has 224 valence electrons. The fourth-order valence-electron chi connectivity index (χ4n) is 7.09. The van der Waals surface area contributed by atoms with Gasteiger partial charge in [-0.25, -0.2) is 0 Å². The maximum atomic E-state index is 14.2. The summed E-state index contributed by atoms with van der Waals surface area (Å²) in [6.45, 7) is 3.75. The number of methoxy groups -OCH3 is 1. The quantitative estimate of drug-likeness (QED) is 0.160. The van der Waals surface area contributed by atoms with E-state index < -0.39 is 51.1 Å². The number of phenols is 1. The first-order chi connectivity index (χ1) is 20.4. The molecule has 43 heavy (non-hydrogen) atoms. The van der Waals surface area contributed by atoms with Crippen LogP contribution in [-0.2, 0) is 19.2 Å². The second-order valence-electron chi connectivity index (χ2n) is 10.9. The number of carbonyl (C=O) groups is 4. The van der Waals surface area contributed by atoms with Gasteiger partial charge in [-0.05, 0) is 79.9 Å². The number of hydrogen-bond donors (Lipinski definition) is 1. The molecule has 3 fully saturated rings. The maximum absolute atomic E-state index is 14.2. The minimum atomic E-state index is -2.00. The number of aromatic hydroxyl groups is 1. The van der Waals surface area contributed by atoms with E-state index in [2.05, 4.69) is 54.4 Å². The van der Waals surface area contributed by atoms with Crippen LogP contribution in [0.15, 0.2) is 57.5 Å². The monoisotopic (exact) mass is 814 g/mol. The molecule has 2 aromatic rings. The molecule has 6 atom stereocenters. The lowest BCUT2D eigenvalue weighted by atomic mass is 9.56. The van der Waals surface area contributed by atoms with Gasteiger partial charge in [0.1, 0.15) is 0 Å². The van der Waals surface area contributed by atoms with Crippen LogP contribution >= 0.6 is 71.0 Å². The Kier molecular flexibility index (Phi) is 7.69. The SMILES string of the molecule is C=Cc1ccc(N2C(=O)[C@H]3[C@H](CC=C4[C@H]3C[C@@]3(Cl)C(=O)N(CBr)C(=O)[C@@]3(Cl)[C@H]4c3cc(OC)c(O)c(Br)c3Br)C2=O)cc1. The minimum absolute atomic E-state index is 0.0947. The summed E-state index contributed by atoms with van der Waals surface area (Å²) in [5.41, 5.74) is 2.18. The van der Waals surface area contributed by atoms with Crippen molar-refractivity contribution in [2.24, 2.45) is 17.8 Å². The molecular formula is C30H23Br3Cl2N2O6. The standard InChI is InChI=1S/C30H23Br3Cl2N2O6/c1-3-13-4-6-14(7-5-13)37-25(39)16-9-8-15-18(20(16)26(37)40)11-29(34)27(41)36(12-31)28(42)30(29,35)21(15)17-10-19(43-2)24(38)23(33)22(17)32/h3-8,10,16,18,20-21,38H,1,9,11-12H2,2H3/t16-,18+,20-,21+,29+,30-/m0/s1. The Labute approximate surface area is 282 Å². The van der Waals surface area contributed by atoms with Crippen LogP contribution < -0.4 is 9.64 Å². The van der Waals surface area contributed by atoms with E-state index in [9.17, 15) is 24.3 Å². The molecule has 2 saturated heterocycles. The molecule has 4 aliphatic rings. The first-order valence-electron chi connectivity index (χ1n) is 13.2. The van der Waals surface area contributed by atoms with Crippen LogP contribution in [0.5, 0.6) is 11.5 Å². The Bertz CT molecular complexity index is 1670. The topological polar surface area (TPSA) is 104 Å². The summed E-state index contributed by atoms with van der Waals surface area (Å²) < 4.78 is 6.02. The summed E-state index contributed by atoms with van der Waals surface area (Å²) in [6.07, 6.45) is 3.60. The fraction of sp³-hybridized carbons (Fsp3) is 0.333. The van der Waals surface area contributed by atoms with Crippen LogP contribution in [-0.4, -0.2) is 55.9 Å².